The second-order valence-electron chi connectivity index (χ2n) is 4.21. The molecule has 1 fully saturated rings. The maximum atomic E-state index is 12.8. The molecule has 82 valence electrons. The van der Waals surface area contributed by atoms with E-state index < -0.39 is 5.92 Å². The van der Waals surface area contributed by atoms with E-state index in [1.807, 2.05) is 0 Å². The molecule has 14 heavy (non-hydrogen) atoms. The fourth-order valence-corrected chi connectivity index (χ4v) is 1.64. The van der Waals surface area contributed by atoms with Crippen molar-refractivity contribution in [1.82, 2.24) is 10.6 Å². The van der Waals surface area contributed by atoms with Gasteiger partial charge in [0.15, 0.2) is 0 Å². The average Bonchev–Trinajstić information content (AvgIpc) is 2.02. The van der Waals surface area contributed by atoms with E-state index >= 15 is 0 Å². The summed E-state index contributed by atoms with van der Waals surface area (Å²) in [5.41, 5.74) is -0.182. The number of allylic oxidation sites excluding steroid dienone is 1. The van der Waals surface area contributed by atoms with Crippen LogP contribution in [0.25, 0.3) is 0 Å². The third-order valence-electron chi connectivity index (χ3n) is 2.48. The van der Waals surface area contributed by atoms with Crippen LogP contribution in [0.2, 0.25) is 0 Å². The minimum Gasteiger partial charge on any atom is -0.380 e. The third-order valence-corrected chi connectivity index (χ3v) is 2.48. The molecule has 2 unspecified atom stereocenters. The van der Waals surface area contributed by atoms with Crippen LogP contribution in [0.4, 0.5) is 8.78 Å². The number of piperidine rings is 1. The average molecular weight is 204 g/mol. The van der Waals surface area contributed by atoms with Gasteiger partial charge in [-0.1, -0.05) is 13.5 Å². The molecule has 0 saturated carbocycles. The van der Waals surface area contributed by atoms with Crippen molar-refractivity contribution in [2.24, 2.45) is 5.92 Å². The molecule has 0 spiro atoms. The van der Waals surface area contributed by atoms with E-state index in [2.05, 4.69) is 24.1 Å². The normalized spacial score (nSPS) is 28.6. The minimum absolute atomic E-state index is 0.0806. The Morgan fingerprint density at radius 2 is 2.14 bits per heavy atom. The summed E-state index contributed by atoms with van der Waals surface area (Å²) in [6.45, 7) is 8.03. The second kappa shape index (κ2) is 4.26. The van der Waals surface area contributed by atoms with Gasteiger partial charge in [0.05, 0.1) is 5.70 Å². The first kappa shape index (κ1) is 11.4. The quantitative estimate of drug-likeness (QED) is 0.731. The fourth-order valence-electron chi connectivity index (χ4n) is 1.64. The van der Waals surface area contributed by atoms with E-state index in [1.54, 1.807) is 0 Å². The third kappa shape index (κ3) is 3.25. The Kier molecular flexibility index (Phi) is 3.48. The number of nitrogens with one attached hydrogen (secondary N) is 2. The Labute approximate surface area is 83.8 Å². The van der Waals surface area contributed by atoms with Crippen molar-refractivity contribution >= 4 is 0 Å². The van der Waals surface area contributed by atoms with Gasteiger partial charge in [-0.3, -0.25) is 0 Å². The van der Waals surface area contributed by atoms with E-state index in [-0.39, 0.29) is 11.7 Å². The second-order valence-corrected chi connectivity index (χ2v) is 4.21. The summed E-state index contributed by atoms with van der Waals surface area (Å²) < 4.78 is 25.6. The van der Waals surface area contributed by atoms with Gasteiger partial charge in [-0.2, -0.15) is 0 Å². The van der Waals surface area contributed by atoms with Crippen molar-refractivity contribution in [2.75, 3.05) is 13.1 Å². The van der Waals surface area contributed by atoms with Crippen molar-refractivity contribution in [3.63, 3.8) is 0 Å². The highest BCUT2D eigenvalue weighted by molar-refractivity contribution is 5.05. The lowest BCUT2D eigenvalue weighted by Gasteiger charge is -2.31. The van der Waals surface area contributed by atoms with Crippen LogP contribution in [0, 0.1) is 5.92 Å². The van der Waals surface area contributed by atoms with E-state index in [9.17, 15) is 8.78 Å². The number of alkyl halides is 2. The summed E-state index contributed by atoms with van der Waals surface area (Å²) in [5.74, 6) is -2.31. The standard InChI is InChI=1S/C10H18F2N2/c1-7-4-9(6-13-5-7)14-8(2)10(3,11)12/h7,9,13-14H,2,4-6H2,1,3H3. The van der Waals surface area contributed by atoms with Gasteiger partial charge in [-0.15, -0.1) is 0 Å². The molecule has 2 N–H and O–H groups in total. The molecular weight excluding hydrogens is 186 g/mol. The molecule has 1 aliphatic heterocycles. The highest BCUT2D eigenvalue weighted by atomic mass is 19.3. The predicted molar refractivity (Wildman–Crippen MR) is 53.3 cm³/mol. The molecular formula is C10H18F2N2. The molecule has 0 aromatic rings. The molecule has 4 heteroatoms. The molecule has 0 aromatic carbocycles. The van der Waals surface area contributed by atoms with Gasteiger partial charge in [0.2, 0.25) is 0 Å². The SMILES string of the molecule is C=C(NC1CNCC(C)C1)C(C)(F)F. The molecule has 2 nitrogen and oxygen atoms in total. The fraction of sp³-hybridized carbons (Fsp3) is 0.800. The van der Waals surface area contributed by atoms with Crippen LogP contribution < -0.4 is 10.6 Å². The van der Waals surface area contributed by atoms with Crippen molar-refractivity contribution in [3.8, 4) is 0 Å². The highest BCUT2D eigenvalue weighted by Gasteiger charge is 2.28. The smallest absolute Gasteiger partial charge is 0.283 e. The number of halogens is 2. The van der Waals surface area contributed by atoms with Crippen molar-refractivity contribution < 1.29 is 8.78 Å². The molecule has 0 aliphatic carbocycles. The molecule has 0 amide bonds. The first-order chi connectivity index (χ1) is 6.39. The van der Waals surface area contributed by atoms with Crippen LogP contribution in [-0.4, -0.2) is 25.1 Å². The summed E-state index contributed by atoms with van der Waals surface area (Å²) in [6, 6.07) is 0.0806. The molecule has 1 rings (SSSR count). The Morgan fingerprint density at radius 3 is 2.64 bits per heavy atom. The van der Waals surface area contributed by atoms with E-state index in [0.717, 1.165) is 26.4 Å². The summed E-state index contributed by atoms with van der Waals surface area (Å²) in [5, 5.41) is 5.98. The van der Waals surface area contributed by atoms with Crippen LogP contribution >= 0.6 is 0 Å². The van der Waals surface area contributed by atoms with E-state index in [4.69, 9.17) is 0 Å². The zero-order valence-electron chi connectivity index (χ0n) is 8.74. The molecule has 1 aliphatic rings. The number of hydrogen-bond acceptors (Lipinski definition) is 2. The lowest BCUT2D eigenvalue weighted by Crippen LogP contribution is -2.47. The minimum atomic E-state index is -2.83. The number of rotatable bonds is 3. The summed E-state index contributed by atoms with van der Waals surface area (Å²) >= 11 is 0. The first-order valence-electron chi connectivity index (χ1n) is 4.94. The molecule has 2 atom stereocenters. The maximum absolute atomic E-state index is 12.8. The summed E-state index contributed by atoms with van der Waals surface area (Å²) in [4.78, 5) is 0. The Balaban J connectivity index is 2.40. The highest BCUT2D eigenvalue weighted by Crippen LogP contribution is 2.21. The van der Waals surface area contributed by atoms with E-state index in [0.29, 0.717) is 5.92 Å². The van der Waals surface area contributed by atoms with Crippen molar-refractivity contribution in [3.05, 3.63) is 12.3 Å². The van der Waals surface area contributed by atoms with Crippen LogP contribution in [0.1, 0.15) is 20.3 Å². The Bertz CT molecular complexity index is 211. The lowest BCUT2D eigenvalue weighted by atomic mass is 9.97. The summed E-state index contributed by atoms with van der Waals surface area (Å²) in [6.07, 6.45) is 0.919. The van der Waals surface area contributed by atoms with Gasteiger partial charge in [0.1, 0.15) is 0 Å². The van der Waals surface area contributed by atoms with Crippen LogP contribution in [0.5, 0.6) is 0 Å². The van der Waals surface area contributed by atoms with Gasteiger partial charge in [-0.05, 0) is 18.9 Å². The lowest BCUT2D eigenvalue weighted by molar-refractivity contribution is 0.0529. The predicted octanol–water partition coefficient (Wildman–Crippen LogP) is 1.74. The maximum Gasteiger partial charge on any atom is 0.283 e. The van der Waals surface area contributed by atoms with Gasteiger partial charge < -0.3 is 10.6 Å². The summed E-state index contributed by atoms with van der Waals surface area (Å²) in [7, 11) is 0. The van der Waals surface area contributed by atoms with Gasteiger partial charge in [0.25, 0.3) is 5.92 Å². The molecule has 0 radical (unpaired) electrons. The Hall–Kier alpha value is -0.640. The van der Waals surface area contributed by atoms with Gasteiger partial charge in [0, 0.05) is 19.5 Å². The van der Waals surface area contributed by atoms with Crippen LogP contribution in [0.15, 0.2) is 12.3 Å². The molecule has 0 bridgehead atoms. The van der Waals surface area contributed by atoms with Crippen molar-refractivity contribution in [2.45, 2.75) is 32.2 Å². The van der Waals surface area contributed by atoms with Crippen LogP contribution in [-0.2, 0) is 0 Å². The topological polar surface area (TPSA) is 24.1 Å². The van der Waals surface area contributed by atoms with Crippen molar-refractivity contribution in [1.29, 1.82) is 0 Å². The molecule has 0 aromatic heterocycles. The largest absolute Gasteiger partial charge is 0.380 e. The monoisotopic (exact) mass is 204 g/mol. The zero-order chi connectivity index (χ0) is 10.8. The van der Waals surface area contributed by atoms with Gasteiger partial charge in [-0.25, -0.2) is 8.78 Å². The number of hydrogen-bond donors (Lipinski definition) is 2. The molecule has 1 saturated heterocycles. The van der Waals surface area contributed by atoms with E-state index in [1.165, 1.54) is 0 Å². The first-order valence-corrected chi connectivity index (χ1v) is 4.94. The Morgan fingerprint density at radius 1 is 1.50 bits per heavy atom. The van der Waals surface area contributed by atoms with Crippen LogP contribution in [0.3, 0.4) is 0 Å². The molecule has 1 heterocycles. The van der Waals surface area contributed by atoms with Gasteiger partial charge >= 0.3 is 0 Å². The zero-order valence-corrected chi connectivity index (χ0v) is 8.74.